The molecule has 0 unspecified atom stereocenters. The molecule has 130 valence electrons. The van der Waals surface area contributed by atoms with Gasteiger partial charge >= 0.3 is 0 Å². The van der Waals surface area contributed by atoms with Crippen molar-refractivity contribution < 1.29 is 17.9 Å². The first-order valence-electron chi connectivity index (χ1n) is 7.76. The van der Waals surface area contributed by atoms with Crippen molar-refractivity contribution in [1.29, 1.82) is 0 Å². The minimum atomic E-state index is -0.948. The standard InChI is InChI=1S/C16H15F2N5O2/c1-8-21-22-16(25-8)14-3-9(24-2)6-23(14)15-10-4-11(17)12(18)5-13(10)19-7-20-15/h4-5,7,9,14H,3,6H2,1-2H3/t9-,14+/m0/s1. The molecule has 1 aromatic carbocycles. The number of benzene rings is 1. The van der Waals surface area contributed by atoms with Gasteiger partial charge in [0.2, 0.25) is 11.8 Å². The molecule has 2 atom stereocenters. The third kappa shape index (κ3) is 2.70. The number of hydrogen-bond acceptors (Lipinski definition) is 7. The van der Waals surface area contributed by atoms with E-state index in [1.807, 2.05) is 4.90 Å². The van der Waals surface area contributed by atoms with Gasteiger partial charge < -0.3 is 14.1 Å². The molecule has 1 saturated heterocycles. The fourth-order valence-corrected chi connectivity index (χ4v) is 3.15. The molecule has 1 aliphatic rings. The lowest BCUT2D eigenvalue weighted by Gasteiger charge is -2.24. The molecule has 3 aromatic rings. The highest BCUT2D eigenvalue weighted by atomic mass is 19.2. The monoisotopic (exact) mass is 347 g/mol. The summed E-state index contributed by atoms with van der Waals surface area (Å²) in [6.07, 6.45) is 1.87. The van der Waals surface area contributed by atoms with Gasteiger partial charge in [-0.1, -0.05) is 0 Å². The molecule has 0 aliphatic carbocycles. The molecule has 7 nitrogen and oxygen atoms in total. The number of methoxy groups -OCH3 is 1. The second-order valence-electron chi connectivity index (χ2n) is 5.90. The number of halogens is 2. The van der Waals surface area contributed by atoms with E-state index in [-0.39, 0.29) is 12.1 Å². The zero-order valence-corrected chi connectivity index (χ0v) is 13.6. The van der Waals surface area contributed by atoms with Gasteiger partial charge in [-0.3, -0.25) is 0 Å². The van der Waals surface area contributed by atoms with E-state index >= 15 is 0 Å². The summed E-state index contributed by atoms with van der Waals surface area (Å²) in [7, 11) is 1.62. The molecule has 0 amide bonds. The molecule has 2 aromatic heterocycles. The van der Waals surface area contributed by atoms with E-state index in [9.17, 15) is 8.78 Å². The van der Waals surface area contributed by atoms with E-state index in [1.54, 1.807) is 14.0 Å². The normalized spacial score (nSPS) is 20.6. The van der Waals surface area contributed by atoms with Crippen LogP contribution in [0.25, 0.3) is 10.9 Å². The SMILES string of the molecule is CO[C@H]1C[C@H](c2nnc(C)o2)N(c2ncnc3cc(F)c(F)cc23)C1. The fourth-order valence-electron chi connectivity index (χ4n) is 3.15. The predicted molar refractivity (Wildman–Crippen MR) is 84.0 cm³/mol. The summed E-state index contributed by atoms with van der Waals surface area (Å²) >= 11 is 0. The number of hydrogen-bond donors (Lipinski definition) is 0. The molecule has 0 bridgehead atoms. The summed E-state index contributed by atoms with van der Waals surface area (Å²) in [6.45, 7) is 2.22. The summed E-state index contributed by atoms with van der Waals surface area (Å²) in [6, 6.07) is 1.90. The zero-order valence-electron chi connectivity index (χ0n) is 13.6. The van der Waals surface area contributed by atoms with E-state index in [4.69, 9.17) is 9.15 Å². The van der Waals surface area contributed by atoms with Crippen LogP contribution >= 0.6 is 0 Å². The van der Waals surface area contributed by atoms with Crippen molar-refractivity contribution >= 4 is 16.7 Å². The van der Waals surface area contributed by atoms with Gasteiger partial charge in [-0.05, 0) is 6.07 Å². The number of anilines is 1. The Balaban J connectivity index is 1.83. The maximum absolute atomic E-state index is 13.8. The van der Waals surface area contributed by atoms with Gasteiger partial charge in [-0.15, -0.1) is 10.2 Å². The molecule has 25 heavy (non-hydrogen) atoms. The maximum atomic E-state index is 13.8. The van der Waals surface area contributed by atoms with Crippen molar-refractivity contribution in [2.24, 2.45) is 0 Å². The van der Waals surface area contributed by atoms with Crippen LogP contribution in [0.15, 0.2) is 22.9 Å². The Kier molecular flexibility index (Phi) is 3.79. The molecular formula is C16H15F2N5O2. The first-order valence-corrected chi connectivity index (χ1v) is 7.76. The van der Waals surface area contributed by atoms with Gasteiger partial charge in [0.15, 0.2) is 11.6 Å². The largest absolute Gasteiger partial charge is 0.423 e. The van der Waals surface area contributed by atoms with Crippen LogP contribution in [0.1, 0.15) is 24.2 Å². The average molecular weight is 347 g/mol. The molecular weight excluding hydrogens is 332 g/mol. The average Bonchev–Trinajstić information content (AvgIpc) is 3.21. The highest BCUT2D eigenvalue weighted by Crippen LogP contribution is 2.38. The number of fused-ring (bicyclic) bond motifs is 1. The van der Waals surface area contributed by atoms with Crippen LogP contribution in [-0.2, 0) is 4.74 Å². The van der Waals surface area contributed by atoms with E-state index in [0.717, 1.165) is 12.1 Å². The zero-order chi connectivity index (χ0) is 17.6. The van der Waals surface area contributed by atoms with Gasteiger partial charge in [0.1, 0.15) is 18.2 Å². The first-order chi connectivity index (χ1) is 12.1. The Hall–Kier alpha value is -2.68. The smallest absolute Gasteiger partial charge is 0.238 e. The number of nitrogens with zero attached hydrogens (tertiary/aromatic N) is 5. The van der Waals surface area contributed by atoms with Gasteiger partial charge in [-0.25, -0.2) is 18.7 Å². The third-order valence-corrected chi connectivity index (χ3v) is 4.35. The Morgan fingerprint density at radius 3 is 2.72 bits per heavy atom. The quantitative estimate of drug-likeness (QED) is 0.720. The van der Waals surface area contributed by atoms with Crippen molar-refractivity contribution in [3.8, 4) is 0 Å². The second kappa shape index (κ2) is 5.99. The lowest BCUT2D eigenvalue weighted by atomic mass is 10.1. The van der Waals surface area contributed by atoms with Gasteiger partial charge in [0, 0.05) is 38.5 Å². The topological polar surface area (TPSA) is 77.2 Å². The molecule has 0 radical (unpaired) electrons. The van der Waals surface area contributed by atoms with Crippen LogP contribution < -0.4 is 4.90 Å². The summed E-state index contributed by atoms with van der Waals surface area (Å²) in [5.74, 6) is -0.527. The van der Waals surface area contributed by atoms with E-state index in [2.05, 4.69) is 20.2 Å². The van der Waals surface area contributed by atoms with Gasteiger partial charge in [0.25, 0.3) is 0 Å². The third-order valence-electron chi connectivity index (χ3n) is 4.35. The van der Waals surface area contributed by atoms with Crippen LogP contribution in [0.2, 0.25) is 0 Å². The van der Waals surface area contributed by atoms with Crippen molar-refractivity contribution in [3.05, 3.63) is 41.9 Å². The van der Waals surface area contributed by atoms with Crippen molar-refractivity contribution in [3.63, 3.8) is 0 Å². The number of rotatable bonds is 3. The van der Waals surface area contributed by atoms with Crippen molar-refractivity contribution in [2.45, 2.75) is 25.5 Å². The number of aryl methyl sites for hydroxylation is 1. The Labute approximate surface area is 141 Å². The molecule has 0 saturated carbocycles. The van der Waals surface area contributed by atoms with E-state index < -0.39 is 11.6 Å². The lowest BCUT2D eigenvalue weighted by Crippen LogP contribution is -2.26. The Morgan fingerprint density at radius 1 is 1.20 bits per heavy atom. The van der Waals surface area contributed by atoms with Crippen LogP contribution in [0.5, 0.6) is 0 Å². The minimum absolute atomic E-state index is 0.0764. The highest BCUT2D eigenvalue weighted by molar-refractivity contribution is 5.89. The van der Waals surface area contributed by atoms with Crippen molar-refractivity contribution in [2.75, 3.05) is 18.6 Å². The van der Waals surface area contributed by atoms with Crippen LogP contribution in [0.3, 0.4) is 0 Å². The summed E-state index contributed by atoms with van der Waals surface area (Å²) < 4.78 is 38.3. The number of aromatic nitrogens is 4. The second-order valence-corrected chi connectivity index (χ2v) is 5.90. The lowest BCUT2D eigenvalue weighted by molar-refractivity contribution is 0.117. The molecule has 1 aliphatic heterocycles. The van der Waals surface area contributed by atoms with Gasteiger partial charge in [0.05, 0.1) is 11.6 Å². The Morgan fingerprint density at radius 2 is 2.00 bits per heavy atom. The molecule has 1 fully saturated rings. The van der Waals surface area contributed by atoms with Crippen LogP contribution in [0.4, 0.5) is 14.6 Å². The summed E-state index contributed by atoms with van der Waals surface area (Å²) in [4.78, 5) is 10.2. The summed E-state index contributed by atoms with van der Waals surface area (Å²) in [5, 5.41) is 8.38. The molecule has 0 spiro atoms. The van der Waals surface area contributed by atoms with Gasteiger partial charge in [-0.2, -0.15) is 0 Å². The number of ether oxygens (including phenoxy) is 1. The minimum Gasteiger partial charge on any atom is -0.423 e. The maximum Gasteiger partial charge on any atom is 0.238 e. The van der Waals surface area contributed by atoms with E-state index in [0.29, 0.717) is 41.5 Å². The molecule has 9 heteroatoms. The molecule has 3 heterocycles. The van der Waals surface area contributed by atoms with Crippen LogP contribution in [0, 0.1) is 18.6 Å². The molecule has 0 N–H and O–H groups in total. The fraction of sp³-hybridized carbons (Fsp3) is 0.375. The first kappa shape index (κ1) is 15.8. The highest BCUT2D eigenvalue weighted by Gasteiger charge is 2.38. The van der Waals surface area contributed by atoms with Crippen LogP contribution in [-0.4, -0.2) is 39.9 Å². The Bertz CT molecular complexity index is 932. The van der Waals surface area contributed by atoms with E-state index in [1.165, 1.54) is 6.33 Å². The summed E-state index contributed by atoms with van der Waals surface area (Å²) in [5.41, 5.74) is 0.324. The molecule has 4 rings (SSSR count). The van der Waals surface area contributed by atoms with Crippen molar-refractivity contribution in [1.82, 2.24) is 20.2 Å². The predicted octanol–water partition coefficient (Wildman–Crippen LogP) is 2.57.